The summed E-state index contributed by atoms with van der Waals surface area (Å²) in [4.78, 5) is 23.0. The van der Waals surface area contributed by atoms with E-state index in [4.69, 9.17) is 11.6 Å². The Balaban J connectivity index is 1.84. The number of nitrogens with one attached hydrogen (secondary N) is 1. The summed E-state index contributed by atoms with van der Waals surface area (Å²) < 4.78 is 1.74. The average molecular weight is 349 g/mol. The van der Waals surface area contributed by atoms with Gasteiger partial charge in [-0.15, -0.1) is 0 Å². The van der Waals surface area contributed by atoms with Crippen LogP contribution in [0.15, 0.2) is 18.7 Å². The Kier molecular flexibility index (Phi) is 4.71. The van der Waals surface area contributed by atoms with Gasteiger partial charge in [0, 0.05) is 25.3 Å². The zero-order valence-corrected chi connectivity index (χ0v) is 14.8. The SMILES string of the molecule is CC(C)n1cc(C(=O)Nc2c(Cl)ncnc2N2CC[C@H](C)C2)cn1. The van der Waals surface area contributed by atoms with Gasteiger partial charge in [0.2, 0.25) is 0 Å². The fraction of sp³-hybridized carbons (Fsp3) is 0.500. The molecule has 1 saturated heterocycles. The van der Waals surface area contributed by atoms with E-state index in [9.17, 15) is 4.79 Å². The molecule has 1 fully saturated rings. The van der Waals surface area contributed by atoms with Crippen molar-refractivity contribution in [2.45, 2.75) is 33.2 Å². The van der Waals surface area contributed by atoms with E-state index in [1.54, 1.807) is 17.1 Å². The van der Waals surface area contributed by atoms with E-state index >= 15 is 0 Å². The average Bonchev–Trinajstić information content (AvgIpc) is 3.18. The summed E-state index contributed by atoms with van der Waals surface area (Å²) in [6.45, 7) is 7.98. The number of carbonyl (C=O) groups excluding carboxylic acids is 1. The summed E-state index contributed by atoms with van der Waals surface area (Å²) in [7, 11) is 0. The Labute approximate surface area is 146 Å². The summed E-state index contributed by atoms with van der Waals surface area (Å²) >= 11 is 6.22. The first kappa shape index (κ1) is 16.7. The van der Waals surface area contributed by atoms with E-state index in [0.29, 0.717) is 23.0 Å². The van der Waals surface area contributed by atoms with Gasteiger partial charge in [-0.3, -0.25) is 9.48 Å². The summed E-state index contributed by atoms with van der Waals surface area (Å²) in [6.07, 6.45) is 5.78. The molecule has 0 bridgehead atoms. The summed E-state index contributed by atoms with van der Waals surface area (Å²) in [6, 6.07) is 0.192. The lowest BCUT2D eigenvalue weighted by Gasteiger charge is -2.20. The van der Waals surface area contributed by atoms with Crippen molar-refractivity contribution in [1.82, 2.24) is 19.7 Å². The van der Waals surface area contributed by atoms with E-state index in [2.05, 4.69) is 32.2 Å². The van der Waals surface area contributed by atoms with Crippen LogP contribution in [-0.4, -0.2) is 38.7 Å². The predicted octanol–water partition coefficient (Wildman–Crippen LogP) is 3.01. The first-order valence-electron chi connectivity index (χ1n) is 8.06. The monoisotopic (exact) mass is 348 g/mol. The zero-order valence-electron chi connectivity index (χ0n) is 14.0. The Bertz CT molecular complexity index is 744. The van der Waals surface area contributed by atoms with Crippen molar-refractivity contribution in [2.75, 3.05) is 23.3 Å². The zero-order chi connectivity index (χ0) is 17.3. The van der Waals surface area contributed by atoms with Gasteiger partial charge in [-0.2, -0.15) is 5.10 Å². The number of hydrogen-bond acceptors (Lipinski definition) is 5. The normalized spacial score (nSPS) is 17.5. The minimum atomic E-state index is -0.271. The molecule has 0 unspecified atom stereocenters. The summed E-state index contributed by atoms with van der Waals surface area (Å²) in [5.74, 6) is 0.989. The van der Waals surface area contributed by atoms with Crippen LogP contribution in [0.2, 0.25) is 5.15 Å². The topological polar surface area (TPSA) is 75.9 Å². The highest BCUT2D eigenvalue weighted by Crippen LogP contribution is 2.32. The fourth-order valence-corrected chi connectivity index (χ4v) is 2.93. The van der Waals surface area contributed by atoms with Gasteiger partial charge >= 0.3 is 0 Å². The third kappa shape index (κ3) is 3.36. The number of carbonyl (C=O) groups is 1. The number of rotatable bonds is 4. The molecular weight excluding hydrogens is 328 g/mol. The van der Waals surface area contributed by atoms with Crippen molar-refractivity contribution in [3.8, 4) is 0 Å². The largest absolute Gasteiger partial charge is 0.354 e. The Morgan fingerprint density at radius 2 is 2.21 bits per heavy atom. The Morgan fingerprint density at radius 3 is 2.83 bits per heavy atom. The van der Waals surface area contributed by atoms with Gasteiger partial charge in [0.25, 0.3) is 5.91 Å². The van der Waals surface area contributed by atoms with Crippen LogP contribution in [0.4, 0.5) is 11.5 Å². The van der Waals surface area contributed by atoms with Crippen molar-refractivity contribution in [1.29, 1.82) is 0 Å². The van der Waals surface area contributed by atoms with E-state index in [1.165, 1.54) is 6.33 Å². The lowest BCUT2D eigenvalue weighted by molar-refractivity contribution is 0.102. The van der Waals surface area contributed by atoms with Crippen molar-refractivity contribution in [3.05, 3.63) is 29.4 Å². The lowest BCUT2D eigenvalue weighted by atomic mass is 10.2. The minimum Gasteiger partial charge on any atom is -0.354 e. The van der Waals surface area contributed by atoms with Gasteiger partial charge in [0.1, 0.15) is 12.0 Å². The molecule has 3 rings (SSSR count). The van der Waals surface area contributed by atoms with Crippen molar-refractivity contribution in [2.24, 2.45) is 5.92 Å². The number of hydrogen-bond donors (Lipinski definition) is 1. The number of aromatic nitrogens is 4. The molecule has 7 nitrogen and oxygen atoms in total. The molecule has 128 valence electrons. The van der Waals surface area contributed by atoms with Crippen LogP contribution in [-0.2, 0) is 0 Å². The molecule has 2 aromatic heterocycles. The third-order valence-corrected chi connectivity index (χ3v) is 4.42. The second-order valence-corrected chi connectivity index (χ2v) is 6.82. The van der Waals surface area contributed by atoms with Crippen LogP contribution < -0.4 is 10.2 Å². The van der Waals surface area contributed by atoms with Gasteiger partial charge in [-0.05, 0) is 26.2 Å². The van der Waals surface area contributed by atoms with Gasteiger partial charge in [-0.25, -0.2) is 9.97 Å². The number of halogens is 1. The summed E-state index contributed by atoms with van der Waals surface area (Å²) in [5.41, 5.74) is 0.930. The van der Waals surface area contributed by atoms with E-state index < -0.39 is 0 Å². The predicted molar refractivity (Wildman–Crippen MR) is 93.6 cm³/mol. The van der Waals surface area contributed by atoms with Gasteiger partial charge in [-0.1, -0.05) is 18.5 Å². The maximum Gasteiger partial charge on any atom is 0.259 e. The molecule has 0 spiro atoms. The van der Waals surface area contributed by atoms with Crippen LogP contribution >= 0.6 is 11.6 Å². The minimum absolute atomic E-state index is 0.192. The second-order valence-electron chi connectivity index (χ2n) is 6.46. The van der Waals surface area contributed by atoms with Crippen LogP contribution in [0, 0.1) is 5.92 Å². The molecule has 1 aliphatic heterocycles. The standard InChI is InChI=1S/C16H21ClN6O/c1-10(2)23-8-12(6-20-23)16(24)21-13-14(17)18-9-19-15(13)22-5-4-11(3)7-22/h6,8-11H,4-5,7H2,1-3H3,(H,21,24)/t11-/m0/s1. The molecule has 0 aliphatic carbocycles. The quantitative estimate of drug-likeness (QED) is 0.859. The lowest BCUT2D eigenvalue weighted by Crippen LogP contribution is -2.23. The van der Waals surface area contributed by atoms with E-state index in [-0.39, 0.29) is 17.1 Å². The molecule has 1 N–H and O–H groups in total. The number of nitrogens with zero attached hydrogens (tertiary/aromatic N) is 5. The van der Waals surface area contributed by atoms with Gasteiger partial charge in [0.15, 0.2) is 11.0 Å². The van der Waals surface area contributed by atoms with Crippen LogP contribution in [0.5, 0.6) is 0 Å². The smallest absolute Gasteiger partial charge is 0.259 e. The highest BCUT2D eigenvalue weighted by Gasteiger charge is 2.25. The maximum absolute atomic E-state index is 12.5. The molecule has 1 amide bonds. The highest BCUT2D eigenvalue weighted by molar-refractivity contribution is 6.33. The Morgan fingerprint density at radius 1 is 1.42 bits per heavy atom. The van der Waals surface area contributed by atoms with E-state index in [0.717, 1.165) is 19.5 Å². The summed E-state index contributed by atoms with van der Waals surface area (Å²) in [5, 5.41) is 7.28. The van der Waals surface area contributed by atoms with Gasteiger partial charge < -0.3 is 10.2 Å². The van der Waals surface area contributed by atoms with Crippen LogP contribution in [0.3, 0.4) is 0 Å². The second kappa shape index (κ2) is 6.76. The molecule has 8 heteroatoms. The van der Waals surface area contributed by atoms with Crippen LogP contribution in [0.25, 0.3) is 0 Å². The first-order chi connectivity index (χ1) is 11.5. The molecular formula is C16H21ClN6O. The molecule has 3 heterocycles. The highest BCUT2D eigenvalue weighted by atomic mass is 35.5. The van der Waals surface area contributed by atoms with E-state index in [1.807, 2.05) is 13.8 Å². The fourth-order valence-electron chi connectivity index (χ4n) is 2.75. The van der Waals surface area contributed by atoms with Crippen molar-refractivity contribution in [3.63, 3.8) is 0 Å². The molecule has 1 aliphatic rings. The maximum atomic E-state index is 12.5. The molecule has 0 saturated carbocycles. The number of anilines is 2. The first-order valence-corrected chi connectivity index (χ1v) is 8.44. The van der Waals surface area contributed by atoms with Gasteiger partial charge in [0.05, 0.1) is 11.8 Å². The molecule has 0 radical (unpaired) electrons. The molecule has 0 aromatic carbocycles. The molecule has 2 aromatic rings. The van der Waals surface area contributed by atoms with Crippen molar-refractivity contribution < 1.29 is 4.79 Å². The third-order valence-electron chi connectivity index (χ3n) is 4.14. The van der Waals surface area contributed by atoms with Crippen LogP contribution in [0.1, 0.15) is 43.6 Å². The van der Waals surface area contributed by atoms with Crippen molar-refractivity contribution >= 4 is 29.0 Å². The molecule has 1 atom stereocenters. The number of amides is 1. The Hall–Kier alpha value is -2.15. The molecule has 24 heavy (non-hydrogen) atoms.